The fourth-order valence-corrected chi connectivity index (χ4v) is 5.72. The highest BCUT2D eigenvalue weighted by Crippen LogP contribution is 2.42. The second-order valence-corrected chi connectivity index (χ2v) is 8.20. The molecule has 0 radical (unpaired) electrons. The van der Waals surface area contributed by atoms with Gasteiger partial charge in [0.25, 0.3) is 0 Å². The van der Waals surface area contributed by atoms with Crippen molar-refractivity contribution in [3.63, 3.8) is 0 Å². The molecule has 4 unspecified atom stereocenters. The predicted octanol–water partition coefficient (Wildman–Crippen LogP) is 2.73. The van der Waals surface area contributed by atoms with Crippen molar-refractivity contribution in [2.24, 2.45) is 23.5 Å². The lowest BCUT2D eigenvalue weighted by molar-refractivity contribution is -0.128. The van der Waals surface area contributed by atoms with Crippen LogP contribution in [0.25, 0.3) is 0 Å². The third-order valence-electron chi connectivity index (χ3n) is 6.97. The molecule has 4 nitrogen and oxygen atoms in total. The molecule has 1 amide bonds. The third kappa shape index (κ3) is 3.87. The van der Waals surface area contributed by atoms with Crippen molar-refractivity contribution in [3.8, 4) is 0 Å². The van der Waals surface area contributed by atoms with Crippen LogP contribution in [-0.2, 0) is 4.79 Å². The average Bonchev–Trinajstić information content (AvgIpc) is 2.90. The molecule has 24 heavy (non-hydrogen) atoms. The summed E-state index contributed by atoms with van der Waals surface area (Å²) in [5, 5.41) is 3.43. The number of rotatable bonds is 2. The van der Waals surface area contributed by atoms with E-state index in [1.165, 1.54) is 51.6 Å². The normalized spacial score (nSPS) is 41.5. The summed E-state index contributed by atoms with van der Waals surface area (Å²) in [7, 11) is 0. The highest BCUT2D eigenvalue weighted by Gasteiger charge is 2.42. The van der Waals surface area contributed by atoms with Gasteiger partial charge in [0.05, 0.1) is 0 Å². The van der Waals surface area contributed by atoms with E-state index in [0.29, 0.717) is 35.9 Å². The van der Waals surface area contributed by atoms with Crippen molar-refractivity contribution < 1.29 is 4.79 Å². The van der Waals surface area contributed by atoms with E-state index in [-0.39, 0.29) is 30.7 Å². The molecule has 0 aromatic heterocycles. The molecule has 4 rings (SSSR count). The van der Waals surface area contributed by atoms with Crippen LogP contribution in [0.3, 0.4) is 0 Å². The van der Waals surface area contributed by atoms with Gasteiger partial charge in [-0.3, -0.25) is 9.69 Å². The number of piperidine rings is 1. The fraction of sp³-hybridized carbons (Fsp3) is 0.944. The van der Waals surface area contributed by atoms with Gasteiger partial charge in [0.15, 0.2) is 0 Å². The molecule has 4 fully saturated rings. The molecule has 0 aromatic rings. The molecule has 2 aliphatic heterocycles. The van der Waals surface area contributed by atoms with Gasteiger partial charge in [-0.05, 0) is 63.3 Å². The first-order chi connectivity index (χ1) is 10.7. The molecular formula is C18H33Cl2N3O. The van der Waals surface area contributed by atoms with E-state index in [1.54, 1.807) is 0 Å². The van der Waals surface area contributed by atoms with Crippen LogP contribution in [0.15, 0.2) is 0 Å². The summed E-state index contributed by atoms with van der Waals surface area (Å²) < 4.78 is 0. The Labute approximate surface area is 158 Å². The maximum atomic E-state index is 12.8. The monoisotopic (exact) mass is 377 g/mol. The van der Waals surface area contributed by atoms with Crippen LogP contribution >= 0.6 is 24.8 Å². The predicted molar refractivity (Wildman–Crippen MR) is 102 cm³/mol. The molecular weight excluding hydrogens is 345 g/mol. The van der Waals surface area contributed by atoms with Gasteiger partial charge in [-0.1, -0.05) is 12.8 Å². The zero-order valence-corrected chi connectivity index (χ0v) is 16.1. The lowest BCUT2D eigenvalue weighted by Gasteiger charge is -2.44. The number of carbonyl (C=O) groups excluding carboxylic acids is 1. The van der Waals surface area contributed by atoms with E-state index in [4.69, 9.17) is 5.73 Å². The molecule has 2 saturated heterocycles. The molecule has 4 aliphatic rings. The van der Waals surface area contributed by atoms with Crippen molar-refractivity contribution in [2.45, 2.75) is 75.9 Å². The summed E-state index contributed by atoms with van der Waals surface area (Å²) in [4.78, 5) is 15.4. The van der Waals surface area contributed by atoms with Crippen LogP contribution in [-0.4, -0.2) is 42.0 Å². The van der Waals surface area contributed by atoms with E-state index >= 15 is 0 Å². The van der Waals surface area contributed by atoms with E-state index in [2.05, 4.69) is 10.2 Å². The number of hydrogen-bond acceptors (Lipinski definition) is 3. The summed E-state index contributed by atoms with van der Waals surface area (Å²) in [6.07, 6.45) is 10.9. The Hall–Kier alpha value is -0.0300. The van der Waals surface area contributed by atoms with Gasteiger partial charge in [-0.2, -0.15) is 0 Å². The molecule has 3 N–H and O–H groups in total. The summed E-state index contributed by atoms with van der Waals surface area (Å²) >= 11 is 0. The standard InChI is InChI=1S/C18H31N3O.2ClH/c19-17-12-4-3-5-13(17)11-14(10-12)18(22)20-15-7-9-21-8-2-1-6-16(15)21;;/h12-17H,1-11,19H2,(H,20,22);2*1H. The van der Waals surface area contributed by atoms with Gasteiger partial charge in [-0.25, -0.2) is 0 Å². The largest absolute Gasteiger partial charge is 0.352 e. The topological polar surface area (TPSA) is 58.4 Å². The van der Waals surface area contributed by atoms with E-state index < -0.39 is 0 Å². The van der Waals surface area contributed by atoms with Crippen LogP contribution in [0.2, 0.25) is 0 Å². The third-order valence-corrected chi connectivity index (χ3v) is 6.97. The first-order valence-corrected chi connectivity index (χ1v) is 9.52. The second kappa shape index (κ2) is 8.57. The van der Waals surface area contributed by atoms with Gasteiger partial charge >= 0.3 is 0 Å². The SMILES string of the molecule is Cl.Cl.NC1C2CCCC1CC(C(=O)NC1CCN3CCCCC13)C2. The highest BCUT2D eigenvalue weighted by molar-refractivity contribution is 5.85. The molecule has 0 aromatic carbocycles. The second-order valence-electron chi connectivity index (χ2n) is 8.20. The number of carbonyl (C=O) groups is 1. The Balaban J connectivity index is 0.00000104. The molecule has 6 heteroatoms. The lowest BCUT2D eigenvalue weighted by atomic mass is 9.65. The zero-order chi connectivity index (χ0) is 15.1. The Kier molecular flexibility index (Phi) is 7.24. The molecule has 4 atom stereocenters. The minimum absolute atomic E-state index is 0. The first-order valence-electron chi connectivity index (χ1n) is 9.52. The maximum Gasteiger partial charge on any atom is 0.223 e. The van der Waals surface area contributed by atoms with Gasteiger partial charge in [0, 0.05) is 30.6 Å². The number of fused-ring (bicyclic) bond motifs is 3. The Morgan fingerprint density at radius 3 is 2.33 bits per heavy atom. The zero-order valence-electron chi connectivity index (χ0n) is 14.5. The average molecular weight is 378 g/mol. The molecule has 2 bridgehead atoms. The minimum atomic E-state index is 0. The number of halogens is 2. The summed E-state index contributed by atoms with van der Waals surface area (Å²) in [5.74, 6) is 1.75. The Morgan fingerprint density at radius 2 is 1.62 bits per heavy atom. The number of amides is 1. The summed E-state index contributed by atoms with van der Waals surface area (Å²) in [6.45, 7) is 2.41. The van der Waals surface area contributed by atoms with Crippen LogP contribution in [0, 0.1) is 17.8 Å². The van der Waals surface area contributed by atoms with Gasteiger partial charge in [-0.15, -0.1) is 24.8 Å². The summed E-state index contributed by atoms with van der Waals surface area (Å²) in [5.41, 5.74) is 6.36. The minimum Gasteiger partial charge on any atom is -0.352 e. The highest BCUT2D eigenvalue weighted by atomic mass is 35.5. The van der Waals surface area contributed by atoms with Gasteiger partial charge in [0.2, 0.25) is 5.91 Å². The van der Waals surface area contributed by atoms with Crippen LogP contribution in [0.5, 0.6) is 0 Å². The van der Waals surface area contributed by atoms with Crippen molar-refractivity contribution in [3.05, 3.63) is 0 Å². The van der Waals surface area contributed by atoms with Crippen molar-refractivity contribution >= 4 is 30.7 Å². The smallest absolute Gasteiger partial charge is 0.223 e. The van der Waals surface area contributed by atoms with E-state index in [9.17, 15) is 4.79 Å². The Bertz CT molecular complexity index is 422. The number of nitrogens with zero attached hydrogens (tertiary/aromatic N) is 1. The molecule has 0 spiro atoms. The molecule has 2 aliphatic carbocycles. The van der Waals surface area contributed by atoms with Crippen molar-refractivity contribution in [1.29, 1.82) is 0 Å². The number of hydrogen-bond donors (Lipinski definition) is 2. The van der Waals surface area contributed by atoms with Crippen LogP contribution < -0.4 is 11.1 Å². The fourth-order valence-electron chi connectivity index (χ4n) is 5.72. The molecule has 2 heterocycles. The van der Waals surface area contributed by atoms with Gasteiger partial charge in [0.1, 0.15) is 0 Å². The molecule has 140 valence electrons. The number of nitrogens with one attached hydrogen (secondary N) is 1. The maximum absolute atomic E-state index is 12.8. The number of nitrogens with two attached hydrogens (primary N) is 1. The quantitative estimate of drug-likeness (QED) is 0.777. The molecule has 2 saturated carbocycles. The van der Waals surface area contributed by atoms with E-state index in [1.807, 2.05) is 0 Å². The van der Waals surface area contributed by atoms with Crippen molar-refractivity contribution in [1.82, 2.24) is 10.2 Å². The van der Waals surface area contributed by atoms with Crippen LogP contribution in [0.1, 0.15) is 57.8 Å². The lowest BCUT2D eigenvalue weighted by Crippen LogP contribution is -2.52. The van der Waals surface area contributed by atoms with E-state index in [0.717, 1.165) is 19.3 Å². The first kappa shape index (κ1) is 20.3. The van der Waals surface area contributed by atoms with Crippen molar-refractivity contribution in [2.75, 3.05) is 13.1 Å². The summed E-state index contributed by atoms with van der Waals surface area (Å²) in [6, 6.07) is 1.38. The van der Waals surface area contributed by atoms with Crippen LogP contribution in [0.4, 0.5) is 0 Å². The Morgan fingerprint density at radius 1 is 0.917 bits per heavy atom. The van der Waals surface area contributed by atoms with Gasteiger partial charge < -0.3 is 11.1 Å².